The van der Waals surface area contributed by atoms with Crippen LogP contribution in [-0.4, -0.2) is 25.5 Å². The Morgan fingerprint density at radius 1 is 1.07 bits per heavy atom. The molecule has 1 aliphatic rings. The highest BCUT2D eigenvalue weighted by Crippen LogP contribution is 2.47. The van der Waals surface area contributed by atoms with Crippen LogP contribution in [0, 0.1) is 17.6 Å². The molecule has 0 aliphatic heterocycles. The van der Waals surface area contributed by atoms with E-state index in [0.29, 0.717) is 28.6 Å². The fraction of sp³-hybridized carbons (Fsp3) is 0.143. The third-order valence-corrected chi connectivity index (χ3v) is 5.97. The fourth-order valence-electron chi connectivity index (χ4n) is 3.38. The largest absolute Gasteiger partial charge is 0.503 e. The highest BCUT2D eigenvalue weighted by molar-refractivity contribution is 7.20. The van der Waals surface area contributed by atoms with Gasteiger partial charge in [-0.15, -0.1) is 0 Å². The average Bonchev–Trinajstić information content (AvgIpc) is 3.42. The minimum Gasteiger partial charge on any atom is -0.503 e. The van der Waals surface area contributed by atoms with E-state index in [9.17, 15) is 23.8 Å². The molecular weight excluding hydrogens is 398 g/mol. The maximum atomic E-state index is 13.6. The Balaban J connectivity index is 1.80. The van der Waals surface area contributed by atoms with Gasteiger partial charge < -0.3 is 10.2 Å². The number of benzene rings is 2. The lowest BCUT2D eigenvalue weighted by molar-refractivity contribution is 0.0965. The lowest BCUT2D eigenvalue weighted by Gasteiger charge is -2.09. The molecule has 146 valence electrons. The summed E-state index contributed by atoms with van der Waals surface area (Å²) in [6.45, 7) is 0. The van der Waals surface area contributed by atoms with Gasteiger partial charge in [-0.3, -0.25) is 9.36 Å². The summed E-state index contributed by atoms with van der Waals surface area (Å²) in [5, 5.41) is 21.5. The van der Waals surface area contributed by atoms with Gasteiger partial charge in [0.2, 0.25) is 5.88 Å². The predicted molar refractivity (Wildman–Crippen MR) is 105 cm³/mol. The molecule has 1 aliphatic carbocycles. The van der Waals surface area contributed by atoms with Crippen molar-refractivity contribution < 1.29 is 23.8 Å². The lowest BCUT2D eigenvalue weighted by Crippen LogP contribution is -2.05. The number of hydrogen-bond donors (Lipinski definition) is 2. The van der Waals surface area contributed by atoms with Crippen molar-refractivity contribution in [2.75, 3.05) is 0 Å². The molecule has 0 atom stereocenters. The van der Waals surface area contributed by atoms with E-state index >= 15 is 0 Å². The molecule has 5 nitrogen and oxygen atoms in total. The molecule has 2 N–H and O–H groups in total. The highest BCUT2D eigenvalue weighted by atomic mass is 32.1. The second kappa shape index (κ2) is 6.38. The predicted octanol–water partition coefficient (Wildman–Crippen LogP) is 5.04. The van der Waals surface area contributed by atoms with E-state index in [1.807, 2.05) is 0 Å². The topological polar surface area (TPSA) is 75.3 Å². The number of carbonyl (C=O) groups excluding carboxylic acids is 1. The number of fused-ring (bicyclic) bond motifs is 1. The normalized spacial score (nSPS) is 13.9. The lowest BCUT2D eigenvalue weighted by atomic mass is 10.0. The standard InChI is InChI=1S/C21H14F2N2O3S/c22-12-5-3-10(4-6-12)17-16(18(26)11-1-2-11)19(27)20(28)25(17)21-24-14-8-7-13(23)9-15(14)29-21/h3-9,11,27-28H,1-2H2. The Morgan fingerprint density at radius 2 is 1.76 bits per heavy atom. The summed E-state index contributed by atoms with van der Waals surface area (Å²) in [5.74, 6) is -2.43. The quantitative estimate of drug-likeness (QED) is 0.461. The van der Waals surface area contributed by atoms with E-state index in [1.54, 1.807) is 0 Å². The van der Waals surface area contributed by atoms with Gasteiger partial charge in [0.15, 0.2) is 16.7 Å². The SMILES string of the molecule is O=C(c1c(O)c(O)n(-c2nc3ccc(F)cc3s2)c1-c1ccc(F)cc1)C1CC1. The minimum absolute atomic E-state index is 0.0120. The Bertz CT molecular complexity index is 1270. The number of rotatable bonds is 4. The molecule has 0 radical (unpaired) electrons. The first-order chi connectivity index (χ1) is 13.9. The first kappa shape index (κ1) is 17.8. The van der Waals surface area contributed by atoms with Crippen LogP contribution in [0.3, 0.4) is 0 Å². The zero-order valence-corrected chi connectivity index (χ0v) is 15.7. The number of hydrogen-bond acceptors (Lipinski definition) is 5. The first-order valence-electron chi connectivity index (χ1n) is 8.97. The summed E-state index contributed by atoms with van der Waals surface area (Å²) in [5.41, 5.74) is 1.18. The summed E-state index contributed by atoms with van der Waals surface area (Å²) < 4.78 is 28.9. The number of nitrogens with zero attached hydrogens (tertiary/aromatic N) is 2. The molecule has 0 amide bonds. The van der Waals surface area contributed by atoms with Gasteiger partial charge in [-0.05, 0) is 60.9 Å². The molecular formula is C21H14F2N2O3S. The Hall–Kier alpha value is -3.26. The smallest absolute Gasteiger partial charge is 0.242 e. The summed E-state index contributed by atoms with van der Waals surface area (Å²) in [4.78, 5) is 17.3. The van der Waals surface area contributed by atoms with Crippen LogP contribution in [-0.2, 0) is 0 Å². The maximum absolute atomic E-state index is 13.6. The molecule has 0 unspecified atom stereocenters. The average molecular weight is 412 g/mol. The fourth-order valence-corrected chi connectivity index (χ4v) is 4.38. The van der Waals surface area contributed by atoms with Crippen LogP contribution in [0.15, 0.2) is 42.5 Å². The van der Waals surface area contributed by atoms with Gasteiger partial charge in [-0.2, -0.15) is 0 Å². The van der Waals surface area contributed by atoms with Gasteiger partial charge in [0.25, 0.3) is 0 Å². The van der Waals surface area contributed by atoms with E-state index in [2.05, 4.69) is 4.98 Å². The van der Waals surface area contributed by atoms with Gasteiger partial charge in [0.1, 0.15) is 11.6 Å². The van der Waals surface area contributed by atoms with Gasteiger partial charge in [-0.1, -0.05) is 11.3 Å². The second-order valence-electron chi connectivity index (χ2n) is 6.99. The van der Waals surface area contributed by atoms with Crippen LogP contribution >= 0.6 is 11.3 Å². The van der Waals surface area contributed by atoms with E-state index in [1.165, 1.54) is 47.0 Å². The summed E-state index contributed by atoms with van der Waals surface area (Å²) in [7, 11) is 0. The molecule has 2 aromatic carbocycles. The van der Waals surface area contributed by atoms with Gasteiger partial charge >= 0.3 is 0 Å². The summed E-state index contributed by atoms with van der Waals surface area (Å²) in [6.07, 6.45) is 1.43. The Labute approximate surface area is 167 Å². The molecule has 1 fully saturated rings. The number of aromatic nitrogens is 2. The van der Waals surface area contributed by atoms with Crippen LogP contribution in [0.4, 0.5) is 8.78 Å². The molecule has 0 saturated heterocycles. The molecule has 2 heterocycles. The van der Waals surface area contributed by atoms with E-state index in [0.717, 1.165) is 11.3 Å². The molecule has 2 aromatic heterocycles. The molecule has 29 heavy (non-hydrogen) atoms. The number of aromatic hydroxyl groups is 2. The monoisotopic (exact) mass is 412 g/mol. The summed E-state index contributed by atoms with van der Waals surface area (Å²) >= 11 is 1.10. The molecule has 4 aromatic rings. The van der Waals surface area contributed by atoms with Crippen LogP contribution < -0.4 is 0 Å². The third-order valence-electron chi connectivity index (χ3n) is 4.96. The van der Waals surface area contributed by atoms with Crippen molar-refractivity contribution in [3.05, 3.63) is 59.7 Å². The molecule has 1 saturated carbocycles. The van der Waals surface area contributed by atoms with Crippen molar-refractivity contribution in [1.82, 2.24) is 9.55 Å². The molecule has 8 heteroatoms. The van der Waals surface area contributed by atoms with Crippen LogP contribution in [0.1, 0.15) is 23.2 Å². The van der Waals surface area contributed by atoms with Crippen molar-refractivity contribution >= 4 is 27.3 Å². The number of carbonyl (C=O) groups is 1. The first-order valence-corrected chi connectivity index (χ1v) is 9.79. The summed E-state index contributed by atoms with van der Waals surface area (Å²) in [6, 6.07) is 9.53. The van der Waals surface area contributed by atoms with E-state index < -0.39 is 23.3 Å². The Morgan fingerprint density at radius 3 is 2.45 bits per heavy atom. The van der Waals surface area contributed by atoms with Crippen LogP contribution in [0.5, 0.6) is 11.6 Å². The van der Waals surface area contributed by atoms with E-state index in [-0.39, 0.29) is 28.1 Å². The molecule has 5 rings (SSSR count). The van der Waals surface area contributed by atoms with Crippen molar-refractivity contribution in [1.29, 1.82) is 0 Å². The van der Waals surface area contributed by atoms with Crippen molar-refractivity contribution in [3.8, 4) is 28.0 Å². The van der Waals surface area contributed by atoms with Crippen LogP contribution in [0.2, 0.25) is 0 Å². The third kappa shape index (κ3) is 2.87. The molecule has 0 spiro atoms. The number of Topliss-reactive ketones (excluding diaryl/α,β-unsaturated/α-hetero) is 1. The highest BCUT2D eigenvalue weighted by Gasteiger charge is 2.38. The number of halogens is 2. The Kier molecular flexibility index (Phi) is 3.92. The second-order valence-corrected chi connectivity index (χ2v) is 7.99. The number of ketones is 1. The zero-order valence-electron chi connectivity index (χ0n) is 14.9. The van der Waals surface area contributed by atoms with Crippen LogP contribution in [0.25, 0.3) is 26.6 Å². The van der Waals surface area contributed by atoms with E-state index in [4.69, 9.17) is 0 Å². The van der Waals surface area contributed by atoms with Crippen molar-refractivity contribution in [3.63, 3.8) is 0 Å². The van der Waals surface area contributed by atoms with Crippen molar-refractivity contribution in [2.45, 2.75) is 12.8 Å². The minimum atomic E-state index is -0.535. The maximum Gasteiger partial charge on any atom is 0.242 e. The van der Waals surface area contributed by atoms with Crippen molar-refractivity contribution in [2.24, 2.45) is 5.92 Å². The van der Waals surface area contributed by atoms with Gasteiger partial charge in [0, 0.05) is 5.92 Å². The van der Waals surface area contributed by atoms with Gasteiger partial charge in [-0.25, -0.2) is 13.8 Å². The molecule has 0 bridgehead atoms. The zero-order chi connectivity index (χ0) is 20.3. The number of thiazole rings is 1. The van der Waals surface area contributed by atoms with Gasteiger partial charge in [0.05, 0.1) is 21.5 Å².